The summed E-state index contributed by atoms with van der Waals surface area (Å²) in [6.45, 7) is 2.37. The summed E-state index contributed by atoms with van der Waals surface area (Å²) in [6, 6.07) is 1.15. The fourth-order valence-corrected chi connectivity index (χ4v) is 1.84. The van der Waals surface area contributed by atoms with Gasteiger partial charge >= 0.3 is 0 Å². The van der Waals surface area contributed by atoms with Crippen LogP contribution in [0.25, 0.3) is 0 Å². The fraction of sp³-hybridized carbons (Fsp3) is 0.583. The second-order valence-corrected chi connectivity index (χ2v) is 4.77. The zero-order valence-electron chi connectivity index (χ0n) is 11.7. The lowest BCUT2D eigenvalue weighted by Crippen LogP contribution is -2.47. The Bertz CT molecular complexity index is 488. The van der Waals surface area contributed by atoms with Crippen molar-refractivity contribution in [3.8, 4) is 11.8 Å². The van der Waals surface area contributed by atoms with Crippen LogP contribution in [0.5, 0.6) is 11.8 Å². The van der Waals surface area contributed by atoms with Crippen LogP contribution in [0.2, 0.25) is 0 Å². The monoisotopic (exact) mass is 282 g/mol. The van der Waals surface area contributed by atoms with Gasteiger partial charge in [-0.3, -0.25) is 10.1 Å². The minimum Gasteiger partial charge on any atom is -0.481 e. The molecule has 8 nitrogen and oxygen atoms in total. The smallest absolute Gasteiger partial charge is 0.236 e. The lowest BCUT2D eigenvalue weighted by Gasteiger charge is -2.24. The zero-order valence-corrected chi connectivity index (χ0v) is 11.7. The predicted molar refractivity (Wildman–Crippen MR) is 70.7 cm³/mol. The third-order valence-corrected chi connectivity index (χ3v) is 3.36. The molecule has 0 bridgehead atoms. The maximum atomic E-state index is 12.3. The zero-order chi connectivity index (χ0) is 14.8. The summed E-state index contributed by atoms with van der Waals surface area (Å²) in [5.74, 6) is 0.401. The molecule has 1 aliphatic rings. The molecule has 8 heteroatoms. The van der Waals surface area contributed by atoms with Crippen molar-refractivity contribution in [2.75, 3.05) is 32.8 Å². The van der Waals surface area contributed by atoms with Crippen molar-refractivity contribution in [1.29, 1.82) is 0 Å². The normalized spacial score (nSPS) is 25.3. The van der Waals surface area contributed by atoms with Gasteiger partial charge in [-0.2, -0.15) is 9.97 Å². The summed E-state index contributed by atoms with van der Waals surface area (Å²) in [5, 5.41) is 2.62. The standard InChI is InChI=1S/C12H18N4O4/c1-12(6-20-5-7(12)13)10(17)16-11-14-8(18-2)4-9(15-11)19-3/h4,7H,5-6,13H2,1-3H3,(H,14,15,16,17). The molecular weight excluding hydrogens is 264 g/mol. The molecule has 2 rings (SSSR count). The number of rotatable bonds is 4. The lowest BCUT2D eigenvalue weighted by atomic mass is 9.85. The number of anilines is 1. The molecule has 20 heavy (non-hydrogen) atoms. The van der Waals surface area contributed by atoms with Crippen LogP contribution in [0.4, 0.5) is 5.95 Å². The van der Waals surface area contributed by atoms with Gasteiger partial charge in [-0.1, -0.05) is 0 Å². The fourth-order valence-electron chi connectivity index (χ4n) is 1.84. The number of amides is 1. The third kappa shape index (κ3) is 2.66. The molecule has 0 radical (unpaired) electrons. The quantitative estimate of drug-likeness (QED) is 0.786. The van der Waals surface area contributed by atoms with E-state index >= 15 is 0 Å². The molecule has 0 aromatic carbocycles. The van der Waals surface area contributed by atoms with Crippen LogP contribution in [-0.4, -0.2) is 49.4 Å². The van der Waals surface area contributed by atoms with E-state index in [0.29, 0.717) is 18.4 Å². The highest BCUT2D eigenvalue weighted by Gasteiger charge is 2.44. The van der Waals surface area contributed by atoms with Crippen molar-refractivity contribution in [2.45, 2.75) is 13.0 Å². The van der Waals surface area contributed by atoms with Crippen LogP contribution < -0.4 is 20.5 Å². The van der Waals surface area contributed by atoms with Gasteiger partial charge in [-0.25, -0.2) is 0 Å². The van der Waals surface area contributed by atoms with E-state index in [0.717, 1.165) is 0 Å². The molecule has 1 aromatic rings. The average Bonchev–Trinajstić information content (AvgIpc) is 2.79. The van der Waals surface area contributed by atoms with E-state index < -0.39 is 5.41 Å². The maximum absolute atomic E-state index is 12.3. The van der Waals surface area contributed by atoms with Gasteiger partial charge in [0, 0.05) is 6.04 Å². The number of nitrogens with two attached hydrogens (primary N) is 1. The van der Waals surface area contributed by atoms with E-state index in [1.807, 2.05) is 0 Å². The Kier molecular flexibility index (Phi) is 4.05. The van der Waals surface area contributed by atoms with Gasteiger partial charge in [0.1, 0.15) is 0 Å². The molecule has 2 unspecified atom stereocenters. The summed E-state index contributed by atoms with van der Waals surface area (Å²) in [7, 11) is 2.94. The summed E-state index contributed by atoms with van der Waals surface area (Å²) in [6.07, 6.45) is 0. The van der Waals surface area contributed by atoms with Gasteiger partial charge in [0.25, 0.3) is 0 Å². The van der Waals surface area contributed by atoms with Crippen molar-refractivity contribution in [3.05, 3.63) is 6.07 Å². The first kappa shape index (κ1) is 14.5. The van der Waals surface area contributed by atoms with Crippen LogP contribution >= 0.6 is 0 Å². The van der Waals surface area contributed by atoms with Gasteiger partial charge in [0.2, 0.25) is 23.6 Å². The predicted octanol–water partition coefficient (Wildman–Crippen LogP) is -0.204. The number of nitrogens with zero attached hydrogens (tertiary/aromatic N) is 2. The lowest BCUT2D eigenvalue weighted by molar-refractivity contribution is -0.125. The highest BCUT2D eigenvalue weighted by molar-refractivity contribution is 5.94. The van der Waals surface area contributed by atoms with Gasteiger partial charge in [0.05, 0.1) is 38.9 Å². The highest BCUT2D eigenvalue weighted by atomic mass is 16.5. The number of ether oxygens (including phenoxy) is 3. The van der Waals surface area contributed by atoms with E-state index in [9.17, 15) is 4.79 Å². The average molecular weight is 282 g/mol. The van der Waals surface area contributed by atoms with Crippen molar-refractivity contribution in [2.24, 2.45) is 11.1 Å². The summed E-state index contributed by atoms with van der Waals surface area (Å²) < 4.78 is 15.3. The van der Waals surface area contributed by atoms with Crippen LogP contribution in [0.3, 0.4) is 0 Å². The Morgan fingerprint density at radius 2 is 2.05 bits per heavy atom. The summed E-state index contributed by atoms with van der Waals surface area (Å²) in [5.41, 5.74) is 5.10. The van der Waals surface area contributed by atoms with Crippen LogP contribution in [0.15, 0.2) is 6.07 Å². The molecule has 3 N–H and O–H groups in total. The minimum atomic E-state index is -0.806. The highest BCUT2D eigenvalue weighted by Crippen LogP contribution is 2.28. The molecule has 2 atom stereocenters. The van der Waals surface area contributed by atoms with Crippen molar-refractivity contribution >= 4 is 11.9 Å². The molecule has 0 spiro atoms. The van der Waals surface area contributed by atoms with E-state index in [1.54, 1.807) is 6.92 Å². The number of aromatic nitrogens is 2. The van der Waals surface area contributed by atoms with Crippen molar-refractivity contribution in [3.63, 3.8) is 0 Å². The Morgan fingerprint density at radius 3 is 2.50 bits per heavy atom. The summed E-state index contributed by atoms with van der Waals surface area (Å²) >= 11 is 0. The number of hydrogen-bond donors (Lipinski definition) is 2. The molecule has 1 amide bonds. The topological polar surface area (TPSA) is 109 Å². The first-order valence-electron chi connectivity index (χ1n) is 6.11. The Morgan fingerprint density at radius 1 is 1.45 bits per heavy atom. The second-order valence-electron chi connectivity index (χ2n) is 4.77. The van der Waals surface area contributed by atoms with Crippen LogP contribution in [0, 0.1) is 5.41 Å². The molecule has 110 valence electrons. The molecule has 1 fully saturated rings. The Labute approximate surface area is 116 Å². The molecule has 1 aliphatic heterocycles. The maximum Gasteiger partial charge on any atom is 0.236 e. The van der Waals surface area contributed by atoms with Crippen molar-refractivity contribution < 1.29 is 19.0 Å². The Hall–Kier alpha value is -1.93. The second kappa shape index (κ2) is 5.59. The van der Waals surface area contributed by atoms with Gasteiger partial charge in [0.15, 0.2) is 0 Å². The van der Waals surface area contributed by atoms with E-state index in [4.69, 9.17) is 19.9 Å². The van der Waals surface area contributed by atoms with Crippen LogP contribution in [0.1, 0.15) is 6.92 Å². The number of nitrogens with one attached hydrogen (secondary N) is 1. The number of carbonyl (C=O) groups is 1. The minimum absolute atomic E-state index is 0.103. The molecule has 2 heterocycles. The first-order chi connectivity index (χ1) is 9.49. The molecule has 0 aliphatic carbocycles. The first-order valence-corrected chi connectivity index (χ1v) is 6.11. The van der Waals surface area contributed by atoms with E-state index in [1.165, 1.54) is 20.3 Å². The van der Waals surface area contributed by atoms with Crippen LogP contribution in [-0.2, 0) is 9.53 Å². The number of methoxy groups -OCH3 is 2. The van der Waals surface area contributed by atoms with E-state index in [2.05, 4.69) is 15.3 Å². The number of hydrogen-bond acceptors (Lipinski definition) is 7. The molecular formula is C12H18N4O4. The molecule has 0 saturated carbocycles. The third-order valence-electron chi connectivity index (χ3n) is 3.36. The van der Waals surface area contributed by atoms with Gasteiger partial charge < -0.3 is 19.9 Å². The van der Waals surface area contributed by atoms with Gasteiger partial charge in [-0.15, -0.1) is 0 Å². The molecule has 1 saturated heterocycles. The van der Waals surface area contributed by atoms with Gasteiger partial charge in [-0.05, 0) is 6.92 Å². The van der Waals surface area contributed by atoms with Crippen molar-refractivity contribution in [1.82, 2.24) is 9.97 Å². The Balaban J connectivity index is 2.19. The SMILES string of the molecule is COc1cc(OC)nc(NC(=O)C2(C)COCC2N)n1. The molecule has 1 aromatic heterocycles. The largest absolute Gasteiger partial charge is 0.481 e. The summed E-state index contributed by atoms with van der Waals surface area (Å²) in [4.78, 5) is 20.4. The van der Waals surface area contributed by atoms with E-state index in [-0.39, 0.29) is 24.5 Å². The number of carbonyl (C=O) groups excluding carboxylic acids is 1.